The summed E-state index contributed by atoms with van der Waals surface area (Å²) in [5.41, 5.74) is 7.01. The van der Waals surface area contributed by atoms with Crippen LogP contribution >= 0.6 is 0 Å². The molecule has 3 heterocycles. The van der Waals surface area contributed by atoms with Crippen LogP contribution in [0, 0.1) is 5.92 Å². The van der Waals surface area contributed by atoms with Crippen molar-refractivity contribution in [2.24, 2.45) is 5.92 Å². The van der Waals surface area contributed by atoms with E-state index >= 15 is 0 Å². The number of hydrogen-bond acceptors (Lipinski definition) is 6. The first kappa shape index (κ1) is 35.4. The summed E-state index contributed by atoms with van der Waals surface area (Å²) in [6.45, 7) is 2.60. The van der Waals surface area contributed by atoms with Crippen LogP contribution in [0.4, 0.5) is 13.2 Å². The van der Waals surface area contributed by atoms with E-state index in [1.807, 2.05) is 103 Å². The molecule has 5 unspecified atom stereocenters. The molecule has 5 aromatic rings. The Morgan fingerprint density at radius 3 is 2.38 bits per heavy atom. The fourth-order valence-corrected chi connectivity index (χ4v) is 7.20. The largest absolute Gasteiger partial charge is 0.471 e. The number of halogens is 3. The molecular weight excluding hydrogens is 673 g/mol. The van der Waals surface area contributed by atoms with Gasteiger partial charge < -0.3 is 29.4 Å². The van der Waals surface area contributed by atoms with E-state index in [0.717, 1.165) is 44.4 Å². The highest BCUT2D eigenvalue weighted by Crippen LogP contribution is 2.42. The highest BCUT2D eigenvalue weighted by atomic mass is 19.4. The van der Waals surface area contributed by atoms with Crippen molar-refractivity contribution in [2.45, 2.75) is 70.2 Å². The lowest BCUT2D eigenvalue weighted by Gasteiger charge is -2.41. The maximum Gasteiger partial charge on any atom is 0.471 e. The normalized spacial score (nSPS) is 22.1. The number of nitrogens with zero attached hydrogens (tertiary/aromatic N) is 3. The molecule has 0 saturated carbocycles. The van der Waals surface area contributed by atoms with Gasteiger partial charge >= 0.3 is 12.1 Å². The lowest BCUT2D eigenvalue weighted by molar-refractivity contribution is -0.276. The summed E-state index contributed by atoms with van der Waals surface area (Å²) in [4.78, 5) is 30.1. The summed E-state index contributed by atoms with van der Waals surface area (Å²) in [5, 5.41) is 12.4. The number of aliphatic hydroxyl groups excluding tert-OH is 1. The summed E-state index contributed by atoms with van der Waals surface area (Å²) < 4.78 is 54.8. The Balaban J connectivity index is 1.10. The number of fused-ring (bicyclic) bond motifs is 1. The maximum atomic E-state index is 13.1. The van der Waals surface area contributed by atoms with Crippen LogP contribution in [-0.4, -0.2) is 56.2 Å². The molecule has 0 radical (unpaired) electrons. The average molecular weight is 713 g/mol. The fraction of sp³-hybridized carbons (Fsp3) is 0.325. The average Bonchev–Trinajstić information content (AvgIpc) is 3.82. The Kier molecular flexibility index (Phi) is 10.1. The zero-order valence-electron chi connectivity index (χ0n) is 28.5. The quantitative estimate of drug-likeness (QED) is 0.173. The van der Waals surface area contributed by atoms with Gasteiger partial charge in [0, 0.05) is 24.6 Å². The number of aromatic nitrogens is 2. The molecule has 5 atom stereocenters. The molecule has 2 aliphatic heterocycles. The van der Waals surface area contributed by atoms with Crippen LogP contribution < -0.4 is 5.32 Å². The number of imidazole rings is 1. The number of ether oxygens (including phenoxy) is 2. The minimum absolute atomic E-state index is 0.0263. The number of nitrogens with one attached hydrogen (secondary N) is 1. The summed E-state index contributed by atoms with van der Waals surface area (Å²) in [7, 11) is 0. The molecule has 1 aromatic heterocycles. The lowest BCUT2D eigenvalue weighted by Crippen LogP contribution is -2.50. The van der Waals surface area contributed by atoms with Gasteiger partial charge in [-0.15, -0.1) is 0 Å². The number of carbonyl (C=O) groups excluding carboxylic acids is 2. The van der Waals surface area contributed by atoms with Crippen molar-refractivity contribution >= 4 is 22.8 Å². The summed E-state index contributed by atoms with van der Waals surface area (Å²) in [6.07, 6.45) is -3.91. The minimum Gasteiger partial charge on any atom is -0.392 e. The molecule has 7 rings (SSSR count). The predicted molar refractivity (Wildman–Crippen MR) is 187 cm³/mol. The molecule has 2 amide bonds. The van der Waals surface area contributed by atoms with Crippen molar-refractivity contribution in [1.29, 1.82) is 0 Å². The highest BCUT2D eigenvalue weighted by molar-refractivity contribution is 5.90. The topological polar surface area (TPSA) is 106 Å². The van der Waals surface area contributed by atoms with Crippen molar-refractivity contribution < 1.29 is 37.3 Å². The number of benzene rings is 4. The minimum atomic E-state index is -5.03. The van der Waals surface area contributed by atoms with Crippen LogP contribution in [0.3, 0.4) is 0 Å². The summed E-state index contributed by atoms with van der Waals surface area (Å²) in [5.74, 6) is -2.62. The third-order valence-corrected chi connectivity index (χ3v) is 10.1. The maximum absolute atomic E-state index is 13.1. The van der Waals surface area contributed by atoms with Gasteiger partial charge in [-0.2, -0.15) is 13.2 Å². The molecule has 52 heavy (non-hydrogen) atoms. The standard InChI is InChI=1S/C40H39F3N4O5/c1-25-35(22-46-24-45-32-9-4-5-10-33(32)46)51-38(52-36(25)28-14-12-26(23-48)13-15-28)29-18-16-27(17-19-29)31-8-3-2-7-30(31)21-44-37(49)34-11-6-20-47(34)39(50)40(41,42)43/h2-5,7-10,12-19,24-25,34-36,38,48H,6,11,20-23H2,1H3,(H,44,49). The zero-order chi connectivity index (χ0) is 36.4. The van der Waals surface area contributed by atoms with Gasteiger partial charge in [0.25, 0.3) is 0 Å². The van der Waals surface area contributed by atoms with Crippen molar-refractivity contribution in [3.8, 4) is 11.1 Å². The predicted octanol–water partition coefficient (Wildman–Crippen LogP) is 6.86. The smallest absolute Gasteiger partial charge is 0.392 e. The number of alkyl halides is 3. The number of likely N-dealkylation sites (tertiary alicyclic amines) is 1. The summed E-state index contributed by atoms with van der Waals surface area (Å²) in [6, 6.07) is 29.8. The van der Waals surface area contributed by atoms with Gasteiger partial charge in [0.2, 0.25) is 5.91 Å². The van der Waals surface area contributed by atoms with E-state index < -0.39 is 30.3 Å². The molecule has 270 valence electrons. The Hall–Kier alpha value is -5.04. The van der Waals surface area contributed by atoms with Crippen molar-refractivity contribution in [3.05, 3.63) is 126 Å². The van der Waals surface area contributed by atoms with Gasteiger partial charge in [0.05, 0.1) is 42.7 Å². The van der Waals surface area contributed by atoms with Gasteiger partial charge in [0.1, 0.15) is 6.04 Å². The fourth-order valence-electron chi connectivity index (χ4n) is 7.20. The molecule has 2 N–H and O–H groups in total. The van der Waals surface area contributed by atoms with Crippen LogP contribution in [0.5, 0.6) is 0 Å². The second kappa shape index (κ2) is 14.9. The molecule has 2 fully saturated rings. The molecular formula is C40H39F3N4O5. The Bertz CT molecular complexity index is 2030. The number of aliphatic hydroxyl groups is 1. The van der Waals surface area contributed by atoms with Crippen LogP contribution in [-0.2, 0) is 38.8 Å². The third-order valence-electron chi connectivity index (χ3n) is 10.1. The van der Waals surface area contributed by atoms with Crippen molar-refractivity contribution in [3.63, 3.8) is 0 Å². The third kappa shape index (κ3) is 7.32. The highest BCUT2D eigenvalue weighted by Gasteiger charge is 2.47. The Morgan fingerprint density at radius 1 is 0.923 bits per heavy atom. The first-order valence-electron chi connectivity index (χ1n) is 17.3. The Labute approximate surface area is 299 Å². The first-order valence-corrected chi connectivity index (χ1v) is 17.3. The van der Waals surface area contributed by atoms with E-state index in [4.69, 9.17) is 9.47 Å². The lowest BCUT2D eigenvalue weighted by atomic mass is 9.90. The summed E-state index contributed by atoms with van der Waals surface area (Å²) >= 11 is 0. The Morgan fingerprint density at radius 2 is 1.63 bits per heavy atom. The number of para-hydroxylation sites is 2. The number of hydrogen-bond donors (Lipinski definition) is 2. The molecule has 2 saturated heterocycles. The van der Waals surface area contributed by atoms with Gasteiger partial charge in [-0.25, -0.2) is 4.98 Å². The van der Waals surface area contributed by atoms with Gasteiger partial charge in [-0.3, -0.25) is 9.59 Å². The second-order valence-corrected chi connectivity index (χ2v) is 13.4. The monoisotopic (exact) mass is 712 g/mol. The van der Waals surface area contributed by atoms with E-state index in [0.29, 0.717) is 17.9 Å². The van der Waals surface area contributed by atoms with Crippen LogP contribution in [0.25, 0.3) is 22.2 Å². The van der Waals surface area contributed by atoms with Gasteiger partial charge in [-0.05, 0) is 52.8 Å². The van der Waals surface area contributed by atoms with Crippen molar-refractivity contribution in [1.82, 2.24) is 19.8 Å². The second-order valence-electron chi connectivity index (χ2n) is 13.4. The van der Waals surface area contributed by atoms with Crippen LogP contribution in [0.1, 0.15) is 54.4 Å². The molecule has 2 aliphatic rings. The van der Waals surface area contributed by atoms with Gasteiger partial charge in [-0.1, -0.05) is 91.9 Å². The molecule has 9 nitrogen and oxygen atoms in total. The SMILES string of the molecule is CC1C(Cn2cnc3ccccc32)OC(c2ccc(-c3ccccc3CNC(=O)C3CCCN3C(=O)C(F)(F)F)cc2)OC1c1ccc(CO)cc1. The van der Waals surface area contributed by atoms with E-state index in [-0.39, 0.29) is 44.2 Å². The first-order chi connectivity index (χ1) is 25.1. The molecule has 0 aliphatic carbocycles. The van der Waals surface area contributed by atoms with Crippen LogP contribution in [0.2, 0.25) is 0 Å². The zero-order valence-corrected chi connectivity index (χ0v) is 28.5. The number of carbonyl (C=O) groups is 2. The van der Waals surface area contributed by atoms with Gasteiger partial charge in [0.15, 0.2) is 6.29 Å². The van der Waals surface area contributed by atoms with E-state index in [2.05, 4.69) is 21.8 Å². The number of amides is 2. The molecule has 12 heteroatoms. The van der Waals surface area contributed by atoms with Crippen LogP contribution in [0.15, 0.2) is 103 Å². The molecule has 0 bridgehead atoms. The number of rotatable bonds is 9. The van der Waals surface area contributed by atoms with E-state index in [1.165, 1.54) is 0 Å². The molecule has 4 aromatic carbocycles. The molecule has 0 spiro atoms. The van der Waals surface area contributed by atoms with E-state index in [1.54, 1.807) is 0 Å². The van der Waals surface area contributed by atoms with E-state index in [9.17, 15) is 27.9 Å². The van der Waals surface area contributed by atoms with Crippen molar-refractivity contribution in [2.75, 3.05) is 6.54 Å².